The van der Waals surface area contributed by atoms with Crippen molar-refractivity contribution in [3.05, 3.63) is 34.7 Å². The highest BCUT2D eigenvalue weighted by molar-refractivity contribution is 9.10. The quantitative estimate of drug-likeness (QED) is 0.756. The van der Waals surface area contributed by atoms with E-state index in [0.29, 0.717) is 11.6 Å². The maximum Gasteiger partial charge on any atom is 0.147 e. The highest BCUT2D eigenvalue weighted by Crippen LogP contribution is 2.29. The Labute approximate surface area is 97.0 Å². The third-order valence-electron chi connectivity index (χ3n) is 2.84. The summed E-state index contributed by atoms with van der Waals surface area (Å²) in [6.07, 6.45) is 2.95. The lowest BCUT2D eigenvalue weighted by atomic mass is 10.2. The van der Waals surface area contributed by atoms with E-state index in [9.17, 15) is 4.39 Å². The largest absolute Gasteiger partial charge is 0.342 e. The maximum atomic E-state index is 13.7. The van der Waals surface area contributed by atoms with Gasteiger partial charge in [0, 0.05) is 22.1 Å². The van der Waals surface area contributed by atoms with Crippen LogP contribution < -0.4 is 0 Å². The summed E-state index contributed by atoms with van der Waals surface area (Å²) in [7, 11) is 0. The zero-order valence-electron chi connectivity index (χ0n) is 8.80. The molecule has 1 unspecified atom stereocenters. The van der Waals surface area contributed by atoms with E-state index >= 15 is 0 Å². The Hall–Kier alpha value is -0.830. The van der Waals surface area contributed by atoms with Gasteiger partial charge in [0.15, 0.2) is 0 Å². The van der Waals surface area contributed by atoms with Gasteiger partial charge in [-0.05, 0) is 31.5 Å². The second-order valence-electron chi connectivity index (χ2n) is 3.77. The second kappa shape index (κ2) is 3.97. The van der Waals surface area contributed by atoms with E-state index in [-0.39, 0.29) is 5.82 Å². The van der Waals surface area contributed by atoms with Gasteiger partial charge in [-0.2, -0.15) is 0 Å². The van der Waals surface area contributed by atoms with Crippen molar-refractivity contribution >= 4 is 26.8 Å². The normalized spacial score (nSPS) is 13.3. The van der Waals surface area contributed by atoms with E-state index in [0.717, 1.165) is 16.3 Å². The highest BCUT2D eigenvalue weighted by atomic mass is 79.9. The average Bonchev–Trinajstić information content (AvgIpc) is 2.68. The summed E-state index contributed by atoms with van der Waals surface area (Å²) in [6.45, 7) is 4.20. The number of halogens is 2. The number of hydrogen-bond donors (Lipinski definition) is 0. The van der Waals surface area contributed by atoms with Crippen LogP contribution in [0.2, 0.25) is 0 Å². The lowest BCUT2D eigenvalue weighted by molar-refractivity contribution is 0.535. The predicted molar refractivity (Wildman–Crippen MR) is 64.6 cm³/mol. The van der Waals surface area contributed by atoms with Crippen LogP contribution in [-0.4, -0.2) is 4.57 Å². The molecule has 0 aliphatic carbocycles. The molecule has 15 heavy (non-hydrogen) atoms. The molecule has 0 saturated carbocycles. The van der Waals surface area contributed by atoms with E-state index in [1.165, 1.54) is 6.07 Å². The van der Waals surface area contributed by atoms with E-state index in [2.05, 4.69) is 29.8 Å². The van der Waals surface area contributed by atoms with Gasteiger partial charge in [0.25, 0.3) is 0 Å². The molecule has 0 spiro atoms. The Bertz CT molecular complexity index is 490. The van der Waals surface area contributed by atoms with Gasteiger partial charge in [0.05, 0.1) is 5.52 Å². The van der Waals surface area contributed by atoms with Crippen molar-refractivity contribution < 1.29 is 4.39 Å². The van der Waals surface area contributed by atoms with Gasteiger partial charge in [-0.3, -0.25) is 0 Å². The van der Waals surface area contributed by atoms with Gasteiger partial charge in [-0.25, -0.2) is 4.39 Å². The molecule has 80 valence electrons. The summed E-state index contributed by atoms with van der Waals surface area (Å²) in [6, 6.07) is 5.53. The Morgan fingerprint density at radius 3 is 2.80 bits per heavy atom. The monoisotopic (exact) mass is 269 g/mol. The van der Waals surface area contributed by atoms with Crippen molar-refractivity contribution in [1.82, 2.24) is 4.57 Å². The smallest absolute Gasteiger partial charge is 0.147 e. The SMILES string of the molecule is CCC(C)n1ccc2c(Br)ccc(F)c21. The van der Waals surface area contributed by atoms with E-state index < -0.39 is 0 Å². The Kier molecular flexibility index (Phi) is 2.83. The Morgan fingerprint density at radius 1 is 1.40 bits per heavy atom. The van der Waals surface area contributed by atoms with E-state index in [1.54, 1.807) is 6.07 Å². The molecule has 0 aliphatic rings. The summed E-state index contributed by atoms with van der Waals surface area (Å²) in [5, 5.41) is 0.940. The molecule has 0 saturated heterocycles. The van der Waals surface area contributed by atoms with Gasteiger partial charge < -0.3 is 4.57 Å². The first-order valence-corrected chi connectivity index (χ1v) is 5.89. The third-order valence-corrected chi connectivity index (χ3v) is 3.53. The fraction of sp³-hybridized carbons (Fsp3) is 0.333. The lowest BCUT2D eigenvalue weighted by Gasteiger charge is -2.13. The zero-order valence-corrected chi connectivity index (χ0v) is 10.4. The number of rotatable bonds is 2. The molecule has 3 heteroatoms. The van der Waals surface area contributed by atoms with Crippen molar-refractivity contribution in [2.24, 2.45) is 0 Å². The minimum absolute atomic E-state index is 0.154. The summed E-state index contributed by atoms with van der Waals surface area (Å²) in [5.41, 5.74) is 0.693. The molecule has 2 rings (SSSR count). The van der Waals surface area contributed by atoms with E-state index in [1.807, 2.05) is 16.8 Å². The van der Waals surface area contributed by atoms with Crippen LogP contribution in [-0.2, 0) is 0 Å². The topological polar surface area (TPSA) is 4.93 Å². The van der Waals surface area contributed by atoms with Crippen LogP contribution in [0.1, 0.15) is 26.3 Å². The van der Waals surface area contributed by atoms with Crippen molar-refractivity contribution in [2.45, 2.75) is 26.3 Å². The minimum atomic E-state index is -0.154. The van der Waals surface area contributed by atoms with Crippen LogP contribution in [0.25, 0.3) is 10.9 Å². The maximum absolute atomic E-state index is 13.7. The fourth-order valence-corrected chi connectivity index (χ4v) is 2.22. The molecular weight excluding hydrogens is 257 g/mol. The Balaban J connectivity index is 2.73. The molecule has 1 atom stereocenters. The standard InChI is InChI=1S/C12H13BrFN/c1-3-8(2)15-7-6-9-10(13)4-5-11(14)12(9)15/h4-8H,3H2,1-2H3. The van der Waals surface area contributed by atoms with Crippen LogP contribution in [0.5, 0.6) is 0 Å². The summed E-state index contributed by atoms with van der Waals surface area (Å²) >= 11 is 3.44. The number of benzene rings is 1. The molecule has 0 fully saturated rings. The first-order valence-electron chi connectivity index (χ1n) is 5.09. The van der Waals surface area contributed by atoms with Crippen molar-refractivity contribution in [3.63, 3.8) is 0 Å². The van der Waals surface area contributed by atoms with Crippen LogP contribution >= 0.6 is 15.9 Å². The lowest BCUT2D eigenvalue weighted by Crippen LogP contribution is -2.02. The van der Waals surface area contributed by atoms with Crippen LogP contribution in [0.4, 0.5) is 4.39 Å². The molecule has 1 aromatic carbocycles. The highest BCUT2D eigenvalue weighted by Gasteiger charge is 2.12. The van der Waals surface area contributed by atoms with Gasteiger partial charge in [-0.15, -0.1) is 0 Å². The van der Waals surface area contributed by atoms with Gasteiger partial charge in [-0.1, -0.05) is 22.9 Å². The zero-order chi connectivity index (χ0) is 11.0. The Morgan fingerprint density at radius 2 is 2.13 bits per heavy atom. The summed E-state index contributed by atoms with van der Waals surface area (Å²) in [5.74, 6) is -0.154. The van der Waals surface area contributed by atoms with Gasteiger partial charge in [0.1, 0.15) is 5.82 Å². The molecule has 2 aromatic rings. The van der Waals surface area contributed by atoms with Crippen molar-refractivity contribution in [3.8, 4) is 0 Å². The van der Waals surface area contributed by atoms with Crippen LogP contribution in [0, 0.1) is 5.82 Å². The minimum Gasteiger partial charge on any atom is -0.342 e. The number of hydrogen-bond acceptors (Lipinski definition) is 0. The molecule has 1 nitrogen and oxygen atoms in total. The van der Waals surface area contributed by atoms with Crippen molar-refractivity contribution in [2.75, 3.05) is 0 Å². The molecular formula is C12H13BrFN. The molecule has 1 heterocycles. The molecule has 0 bridgehead atoms. The number of nitrogens with zero attached hydrogens (tertiary/aromatic N) is 1. The first kappa shape index (κ1) is 10.7. The molecule has 0 aliphatic heterocycles. The molecule has 1 aromatic heterocycles. The molecule has 0 N–H and O–H groups in total. The third kappa shape index (κ3) is 1.69. The fourth-order valence-electron chi connectivity index (χ4n) is 1.77. The van der Waals surface area contributed by atoms with Crippen LogP contribution in [0.3, 0.4) is 0 Å². The first-order chi connectivity index (χ1) is 7.15. The van der Waals surface area contributed by atoms with E-state index in [4.69, 9.17) is 0 Å². The predicted octanol–water partition coefficient (Wildman–Crippen LogP) is 4.51. The van der Waals surface area contributed by atoms with Gasteiger partial charge >= 0.3 is 0 Å². The van der Waals surface area contributed by atoms with Gasteiger partial charge in [0.2, 0.25) is 0 Å². The summed E-state index contributed by atoms with van der Waals surface area (Å²) < 4.78 is 16.7. The average molecular weight is 270 g/mol. The molecule has 0 amide bonds. The summed E-state index contributed by atoms with van der Waals surface area (Å²) in [4.78, 5) is 0. The molecule has 0 radical (unpaired) electrons. The van der Waals surface area contributed by atoms with Crippen LogP contribution in [0.15, 0.2) is 28.9 Å². The van der Waals surface area contributed by atoms with Crippen molar-refractivity contribution in [1.29, 1.82) is 0 Å². The second-order valence-corrected chi connectivity index (χ2v) is 4.63. The number of fused-ring (bicyclic) bond motifs is 1. The number of aromatic nitrogens is 1.